The monoisotopic (exact) mass is 183 g/mol. The van der Waals surface area contributed by atoms with E-state index in [1.807, 2.05) is 0 Å². The molecule has 0 aliphatic heterocycles. The summed E-state index contributed by atoms with van der Waals surface area (Å²) in [5.41, 5.74) is 1.27. The minimum absolute atomic E-state index is 0.828. The third kappa shape index (κ3) is 3.77. The van der Waals surface area contributed by atoms with Crippen molar-refractivity contribution in [2.24, 2.45) is 5.92 Å². The number of hydrogen-bond acceptors (Lipinski definition) is 2. The Hall–Kier alpha value is -0.500. The maximum absolute atomic E-state index is 3.39. The van der Waals surface area contributed by atoms with Crippen molar-refractivity contribution in [3.05, 3.63) is 16.8 Å². The Labute approximate surface area is 78.8 Å². The van der Waals surface area contributed by atoms with E-state index in [1.165, 1.54) is 18.5 Å². The molecule has 0 saturated heterocycles. The Bertz CT molecular complexity index is 192. The van der Waals surface area contributed by atoms with E-state index in [-0.39, 0.29) is 0 Å². The van der Waals surface area contributed by atoms with Crippen molar-refractivity contribution in [3.63, 3.8) is 0 Å². The van der Waals surface area contributed by atoms with Gasteiger partial charge in [-0.25, -0.2) is 0 Å². The molecule has 12 heavy (non-hydrogen) atoms. The summed E-state index contributed by atoms with van der Waals surface area (Å²) in [4.78, 5) is 0. The predicted octanol–water partition coefficient (Wildman–Crippen LogP) is 3.60. The van der Waals surface area contributed by atoms with Crippen molar-refractivity contribution in [1.82, 2.24) is 0 Å². The van der Waals surface area contributed by atoms with Crippen LogP contribution in [0.2, 0.25) is 0 Å². The van der Waals surface area contributed by atoms with Crippen molar-refractivity contribution in [2.75, 3.05) is 11.9 Å². The van der Waals surface area contributed by atoms with Gasteiger partial charge in [0.1, 0.15) is 0 Å². The molecule has 0 spiro atoms. The summed E-state index contributed by atoms with van der Waals surface area (Å²) in [6, 6.07) is 2.13. The highest BCUT2D eigenvalue weighted by Gasteiger charge is 1.94. The highest BCUT2D eigenvalue weighted by atomic mass is 32.1. The Morgan fingerprint density at radius 1 is 1.50 bits per heavy atom. The van der Waals surface area contributed by atoms with Crippen LogP contribution in [0.5, 0.6) is 0 Å². The average molecular weight is 183 g/mol. The second kappa shape index (κ2) is 5.20. The second-order valence-electron chi connectivity index (χ2n) is 3.47. The van der Waals surface area contributed by atoms with Crippen LogP contribution in [0.1, 0.15) is 26.7 Å². The molecule has 0 bridgehead atoms. The smallest absolute Gasteiger partial charge is 0.0448 e. The van der Waals surface area contributed by atoms with Gasteiger partial charge in [0.2, 0.25) is 0 Å². The predicted molar refractivity (Wildman–Crippen MR) is 56.9 cm³/mol. The van der Waals surface area contributed by atoms with Gasteiger partial charge in [0.25, 0.3) is 0 Å². The molecule has 0 aromatic carbocycles. The van der Waals surface area contributed by atoms with Gasteiger partial charge in [-0.15, -0.1) is 0 Å². The van der Waals surface area contributed by atoms with Crippen LogP contribution in [0, 0.1) is 5.92 Å². The number of hydrogen-bond donors (Lipinski definition) is 1. The molecule has 0 aliphatic carbocycles. The molecular weight excluding hydrogens is 166 g/mol. The van der Waals surface area contributed by atoms with Crippen molar-refractivity contribution < 1.29 is 0 Å². The zero-order valence-electron chi connectivity index (χ0n) is 7.84. The molecule has 0 unspecified atom stereocenters. The minimum atomic E-state index is 0.828. The van der Waals surface area contributed by atoms with E-state index < -0.39 is 0 Å². The molecule has 0 amide bonds. The van der Waals surface area contributed by atoms with Gasteiger partial charge in [0, 0.05) is 17.6 Å². The van der Waals surface area contributed by atoms with Gasteiger partial charge in [-0.1, -0.05) is 13.8 Å². The highest BCUT2D eigenvalue weighted by molar-refractivity contribution is 7.08. The van der Waals surface area contributed by atoms with E-state index in [1.54, 1.807) is 11.3 Å². The van der Waals surface area contributed by atoms with Gasteiger partial charge in [0.15, 0.2) is 0 Å². The number of nitrogens with one attached hydrogen (secondary N) is 1. The molecule has 1 heterocycles. The van der Waals surface area contributed by atoms with E-state index in [0.29, 0.717) is 0 Å². The fourth-order valence-corrected chi connectivity index (χ4v) is 1.72. The standard InChI is InChI=1S/C10H17NS/c1-9(2)4-3-6-11-10-5-7-12-8-10/h5,7-9,11H,3-4,6H2,1-2H3. The molecule has 0 atom stereocenters. The molecule has 2 heteroatoms. The van der Waals surface area contributed by atoms with E-state index >= 15 is 0 Å². The Morgan fingerprint density at radius 3 is 2.92 bits per heavy atom. The van der Waals surface area contributed by atoms with Gasteiger partial charge < -0.3 is 5.32 Å². The second-order valence-corrected chi connectivity index (χ2v) is 4.25. The van der Waals surface area contributed by atoms with Crippen molar-refractivity contribution in [1.29, 1.82) is 0 Å². The van der Waals surface area contributed by atoms with E-state index in [2.05, 4.69) is 36.0 Å². The fraction of sp³-hybridized carbons (Fsp3) is 0.600. The van der Waals surface area contributed by atoms with Gasteiger partial charge in [-0.3, -0.25) is 0 Å². The van der Waals surface area contributed by atoms with E-state index in [0.717, 1.165) is 12.5 Å². The first kappa shape index (κ1) is 9.59. The first-order valence-electron chi connectivity index (χ1n) is 4.55. The van der Waals surface area contributed by atoms with Crippen molar-refractivity contribution in [3.8, 4) is 0 Å². The van der Waals surface area contributed by atoms with Crippen molar-refractivity contribution in [2.45, 2.75) is 26.7 Å². The Kier molecular flexibility index (Phi) is 4.15. The topological polar surface area (TPSA) is 12.0 Å². The number of rotatable bonds is 5. The van der Waals surface area contributed by atoms with Crippen LogP contribution < -0.4 is 5.32 Å². The molecule has 0 fully saturated rings. The van der Waals surface area contributed by atoms with Gasteiger partial charge in [0.05, 0.1) is 0 Å². The van der Waals surface area contributed by atoms with Gasteiger partial charge in [-0.05, 0) is 30.2 Å². The number of thiophene rings is 1. The Balaban J connectivity index is 2.04. The molecule has 68 valence electrons. The van der Waals surface area contributed by atoms with Gasteiger partial charge in [-0.2, -0.15) is 11.3 Å². The molecule has 1 N–H and O–H groups in total. The van der Waals surface area contributed by atoms with Crippen LogP contribution in [0.25, 0.3) is 0 Å². The molecular formula is C10H17NS. The van der Waals surface area contributed by atoms with Crippen LogP contribution in [0.15, 0.2) is 16.8 Å². The summed E-state index contributed by atoms with van der Waals surface area (Å²) >= 11 is 1.74. The van der Waals surface area contributed by atoms with E-state index in [9.17, 15) is 0 Å². The molecule has 0 saturated carbocycles. The third-order valence-electron chi connectivity index (χ3n) is 1.81. The fourth-order valence-electron chi connectivity index (χ4n) is 1.11. The summed E-state index contributed by atoms with van der Waals surface area (Å²) in [6.07, 6.45) is 2.59. The summed E-state index contributed by atoms with van der Waals surface area (Å²) in [5.74, 6) is 0.828. The first-order chi connectivity index (χ1) is 5.79. The van der Waals surface area contributed by atoms with Crippen LogP contribution in [0.3, 0.4) is 0 Å². The number of anilines is 1. The quantitative estimate of drug-likeness (QED) is 0.688. The van der Waals surface area contributed by atoms with Crippen LogP contribution in [-0.2, 0) is 0 Å². The van der Waals surface area contributed by atoms with Gasteiger partial charge >= 0.3 is 0 Å². The summed E-state index contributed by atoms with van der Waals surface area (Å²) in [6.45, 7) is 5.64. The molecule has 1 rings (SSSR count). The minimum Gasteiger partial charge on any atom is -0.384 e. The maximum Gasteiger partial charge on any atom is 0.0448 e. The van der Waals surface area contributed by atoms with Crippen LogP contribution >= 0.6 is 11.3 Å². The lowest BCUT2D eigenvalue weighted by Gasteiger charge is -2.05. The third-order valence-corrected chi connectivity index (χ3v) is 2.49. The van der Waals surface area contributed by atoms with Crippen LogP contribution in [0.4, 0.5) is 5.69 Å². The Morgan fingerprint density at radius 2 is 2.33 bits per heavy atom. The normalized spacial score (nSPS) is 10.6. The maximum atomic E-state index is 3.39. The zero-order chi connectivity index (χ0) is 8.81. The van der Waals surface area contributed by atoms with Crippen molar-refractivity contribution >= 4 is 17.0 Å². The lowest BCUT2D eigenvalue weighted by atomic mass is 10.1. The lowest BCUT2D eigenvalue weighted by Crippen LogP contribution is -2.01. The largest absolute Gasteiger partial charge is 0.384 e. The highest BCUT2D eigenvalue weighted by Crippen LogP contribution is 2.12. The summed E-state index contributed by atoms with van der Waals surface area (Å²) < 4.78 is 0. The average Bonchev–Trinajstić information content (AvgIpc) is 2.49. The lowest BCUT2D eigenvalue weighted by molar-refractivity contribution is 0.567. The van der Waals surface area contributed by atoms with E-state index in [4.69, 9.17) is 0 Å². The summed E-state index contributed by atoms with van der Waals surface area (Å²) in [7, 11) is 0. The molecule has 0 aliphatic rings. The van der Waals surface area contributed by atoms with Crippen LogP contribution in [-0.4, -0.2) is 6.54 Å². The SMILES string of the molecule is CC(C)CCCNc1ccsc1. The molecule has 1 aromatic rings. The zero-order valence-corrected chi connectivity index (χ0v) is 8.66. The molecule has 1 nitrogen and oxygen atoms in total. The summed E-state index contributed by atoms with van der Waals surface area (Å²) in [5, 5.41) is 7.64. The molecule has 1 aromatic heterocycles. The first-order valence-corrected chi connectivity index (χ1v) is 5.49. The molecule has 0 radical (unpaired) electrons.